The summed E-state index contributed by atoms with van der Waals surface area (Å²) in [5, 5.41) is 0. The standard InChI is InChI=1S/C21H30N2O2/c1-16-5-7-18(8-6-16)20(23-11-3-2-4-12-23)21(24)25-19-15-22-13-9-17(19)10-14-22/h5-8,17,19-20H,2-4,9-15H2,1H3. The van der Waals surface area contributed by atoms with Crippen LogP contribution in [0.2, 0.25) is 0 Å². The molecule has 2 bridgehead atoms. The highest BCUT2D eigenvalue weighted by atomic mass is 16.5. The van der Waals surface area contributed by atoms with Gasteiger partial charge < -0.3 is 4.74 Å². The topological polar surface area (TPSA) is 32.8 Å². The Hall–Kier alpha value is -1.39. The summed E-state index contributed by atoms with van der Waals surface area (Å²) >= 11 is 0. The minimum atomic E-state index is -0.239. The lowest BCUT2D eigenvalue weighted by Gasteiger charge is -2.44. The van der Waals surface area contributed by atoms with Crippen molar-refractivity contribution in [2.24, 2.45) is 5.92 Å². The number of piperidine rings is 4. The summed E-state index contributed by atoms with van der Waals surface area (Å²) in [6.45, 7) is 7.35. The van der Waals surface area contributed by atoms with Crippen LogP contribution in [0.3, 0.4) is 0 Å². The first-order valence-corrected chi connectivity index (χ1v) is 9.94. The maximum Gasteiger partial charge on any atom is 0.328 e. The third-order valence-electron chi connectivity index (χ3n) is 6.24. The van der Waals surface area contributed by atoms with Gasteiger partial charge in [-0.2, -0.15) is 0 Å². The molecule has 5 rings (SSSR count). The number of benzene rings is 1. The Bertz CT molecular complexity index is 586. The lowest BCUT2D eigenvalue weighted by atomic mass is 9.86. The number of hydrogen-bond acceptors (Lipinski definition) is 4. The van der Waals surface area contributed by atoms with Gasteiger partial charge in [0.05, 0.1) is 0 Å². The van der Waals surface area contributed by atoms with Crippen LogP contribution in [0.4, 0.5) is 0 Å². The van der Waals surface area contributed by atoms with Gasteiger partial charge >= 0.3 is 5.97 Å². The van der Waals surface area contributed by atoms with Gasteiger partial charge in [0, 0.05) is 6.54 Å². The van der Waals surface area contributed by atoms with Crippen LogP contribution < -0.4 is 0 Å². The minimum absolute atomic E-state index is 0.0375. The molecule has 0 saturated carbocycles. The molecule has 4 aliphatic rings. The monoisotopic (exact) mass is 342 g/mol. The second-order valence-electron chi connectivity index (χ2n) is 8.02. The van der Waals surface area contributed by atoms with E-state index in [0.717, 1.165) is 25.2 Å². The van der Waals surface area contributed by atoms with E-state index in [1.807, 2.05) is 0 Å². The van der Waals surface area contributed by atoms with Gasteiger partial charge in [-0.05, 0) is 70.3 Å². The van der Waals surface area contributed by atoms with Crippen molar-refractivity contribution in [1.82, 2.24) is 9.80 Å². The zero-order valence-corrected chi connectivity index (χ0v) is 15.3. The van der Waals surface area contributed by atoms with E-state index >= 15 is 0 Å². The zero-order valence-electron chi connectivity index (χ0n) is 15.3. The van der Waals surface area contributed by atoms with Gasteiger partial charge in [-0.1, -0.05) is 36.2 Å². The molecule has 1 aromatic carbocycles. The second-order valence-corrected chi connectivity index (χ2v) is 8.02. The fourth-order valence-electron chi connectivity index (χ4n) is 4.68. The molecule has 0 spiro atoms. The van der Waals surface area contributed by atoms with E-state index < -0.39 is 0 Å². The van der Waals surface area contributed by atoms with Gasteiger partial charge in [0.15, 0.2) is 0 Å². The second kappa shape index (κ2) is 7.46. The molecule has 4 heterocycles. The normalized spacial score (nSPS) is 30.8. The smallest absolute Gasteiger partial charge is 0.328 e. The molecule has 0 radical (unpaired) electrons. The van der Waals surface area contributed by atoms with E-state index in [1.165, 1.54) is 50.8 Å². The van der Waals surface area contributed by atoms with Crippen LogP contribution in [-0.4, -0.2) is 54.6 Å². The summed E-state index contributed by atoms with van der Waals surface area (Å²) in [5.41, 5.74) is 2.31. The number of hydrogen-bond donors (Lipinski definition) is 0. The average Bonchev–Trinajstić information content (AvgIpc) is 2.65. The van der Waals surface area contributed by atoms with E-state index in [4.69, 9.17) is 4.74 Å². The summed E-state index contributed by atoms with van der Waals surface area (Å²) in [6.07, 6.45) is 6.07. The van der Waals surface area contributed by atoms with Crippen molar-refractivity contribution < 1.29 is 9.53 Å². The molecule has 4 saturated heterocycles. The van der Waals surface area contributed by atoms with Crippen LogP contribution in [-0.2, 0) is 9.53 Å². The minimum Gasteiger partial charge on any atom is -0.459 e. The summed E-state index contributed by atoms with van der Waals surface area (Å²) in [5.74, 6) is 0.526. The van der Waals surface area contributed by atoms with Gasteiger partial charge in [-0.15, -0.1) is 0 Å². The van der Waals surface area contributed by atoms with E-state index in [9.17, 15) is 4.79 Å². The molecule has 0 aromatic heterocycles. The third-order valence-corrected chi connectivity index (χ3v) is 6.24. The van der Waals surface area contributed by atoms with Crippen molar-refractivity contribution in [3.63, 3.8) is 0 Å². The number of aryl methyl sites for hydroxylation is 1. The number of esters is 1. The molecule has 0 N–H and O–H groups in total. The number of ether oxygens (including phenoxy) is 1. The summed E-state index contributed by atoms with van der Waals surface area (Å²) in [6, 6.07) is 8.18. The maximum atomic E-state index is 13.2. The van der Waals surface area contributed by atoms with Crippen molar-refractivity contribution in [2.75, 3.05) is 32.7 Å². The molecule has 25 heavy (non-hydrogen) atoms. The van der Waals surface area contributed by atoms with Gasteiger partial charge in [0.25, 0.3) is 0 Å². The Balaban J connectivity index is 1.52. The van der Waals surface area contributed by atoms with Crippen molar-refractivity contribution in [2.45, 2.75) is 51.2 Å². The van der Waals surface area contributed by atoms with Crippen LogP contribution in [0.15, 0.2) is 24.3 Å². The third kappa shape index (κ3) is 3.75. The molecular weight excluding hydrogens is 312 g/mol. The number of rotatable bonds is 4. The van der Waals surface area contributed by atoms with Crippen molar-refractivity contribution in [1.29, 1.82) is 0 Å². The SMILES string of the molecule is Cc1ccc(C(C(=O)OC2CN3CCC2CC3)N2CCCCC2)cc1. The first-order valence-electron chi connectivity index (χ1n) is 9.94. The number of fused-ring (bicyclic) bond motifs is 3. The highest BCUT2D eigenvalue weighted by molar-refractivity contribution is 5.78. The highest BCUT2D eigenvalue weighted by Gasteiger charge is 2.39. The number of nitrogens with zero attached hydrogens (tertiary/aromatic N) is 2. The lowest BCUT2D eigenvalue weighted by Crippen LogP contribution is -2.52. The number of carbonyl (C=O) groups excluding carboxylic acids is 1. The Morgan fingerprint density at radius 2 is 1.72 bits per heavy atom. The Morgan fingerprint density at radius 3 is 2.32 bits per heavy atom. The summed E-state index contributed by atoms with van der Waals surface area (Å²) in [4.78, 5) is 18.0. The maximum absolute atomic E-state index is 13.2. The van der Waals surface area contributed by atoms with E-state index in [0.29, 0.717) is 5.92 Å². The highest BCUT2D eigenvalue weighted by Crippen LogP contribution is 2.32. The van der Waals surface area contributed by atoms with Crippen LogP contribution >= 0.6 is 0 Å². The first-order chi connectivity index (χ1) is 12.2. The summed E-state index contributed by atoms with van der Waals surface area (Å²) in [7, 11) is 0. The molecule has 4 fully saturated rings. The first kappa shape index (κ1) is 17.0. The lowest BCUT2D eigenvalue weighted by molar-refractivity contribution is -0.166. The fourth-order valence-corrected chi connectivity index (χ4v) is 4.68. The van der Waals surface area contributed by atoms with E-state index in [-0.39, 0.29) is 18.1 Å². The molecule has 2 atom stereocenters. The fraction of sp³-hybridized carbons (Fsp3) is 0.667. The molecule has 136 valence electrons. The molecule has 4 aliphatic heterocycles. The van der Waals surface area contributed by atoms with Crippen LogP contribution in [0.5, 0.6) is 0 Å². The number of likely N-dealkylation sites (tertiary alicyclic amines) is 1. The van der Waals surface area contributed by atoms with Crippen molar-refractivity contribution >= 4 is 5.97 Å². The predicted molar refractivity (Wildman–Crippen MR) is 98.4 cm³/mol. The van der Waals surface area contributed by atoms with Crippen LogP contribution in [0.1, 0.15) is 49.3 Å². The molecule has 4 heteroatoms. The molecule has 2 unspecified atom stereocenters. The Kier molecular flexibility index (Phi) is 5.09. The van der Waals surface area contributed by atoms with Gasteiger partial charge in [-0.3, -0.25) is 9.80 Å². The Morgan fingerprint density at radius 1 is 1.04 bits per heavy atom. The zero-order chi connectivity index (χ0) is 17.2. The van der Waals surface area contributed by atoms with E-state index in [2.05, 4.69) is 41.0 Å². The summed E-state index contributed by atoms with van der Waals surface area (Å²) < 4.78 is 6.10. The van der Waals surface area contributed by atoms with Gasteiger partial charge in [0.2, 0.25) is 0 Å². The van der Waals surface area contributed by atoms with Gasteiger partial charge in [0.1, 0.15) is 12.1 Å². The van der Waals surface area contributed by atoms with Crippen molar-refractivity contribution in [3.8, 4) is 0 Å². The van der Waals surface area contributed by atoms with Crippen molar-refractivity contribution in [3.05, 3.63) is 35.4 Å². The molecule has 0 aliphatic carbocycles. The average molecular weight is 342 g/mol. The van der Waals surface area contributed by atoms with E-state index in [1.54, 1.807) is 0 Å². The molecule has 0 amide bonds. The quantitative estimate of drug-likeness (QED) is 0.787. The predicted octanol–water partition coefficient (Wildman–Crippen LogP) is 3.16. The molecule has 4 nitrogen and oxygen atoms in total. The largest absolute Gasteiger partial charge is 0.459 e. The van der Waals surface area contributed by atoms with Gasteiger partial charge in [-0.25, -0.2) is 4.79 Å². The van der Waals surface area contributed by atoms with Crippen LogP contribution in [0.25, 0.3) is 0 Å². The molecule has 1 aromatic rings. The molecular formula is C21H30N2O2. The number of carbonyl (C=O) groups is 1. The van der Waals surface area contributed by atoms with Crippen LogP contribution in [0, 0.1) is 12.8 Å². The Labute approximate surface area is 151 Å².